The van der Waals surface area contributed by atoms with Crippen LogP contribution in [0.3, 0.4) is 0 Å². The molecule has 1 aromatic rings. The molecule has 0 fully saturated rings. The number of rotatable bonds is 4. The van der Waals surface area contributed by atoms with Crippen LogP contribution in [0.5, 0.6) is 0 Å². The van der Waals surface area contributed by atoms with Crippen molar-refractivity contribution < 1.29 is 4.39 Å². The summed E-state index contributed by atoms with van der Waals surface area (Å²) in [4.78, 5) is 0. The van der Waals surface area contributed by atoms with Gasteiger partial charge in [-0.05, 0) is 31.4 Å². The third-order valence-electron chi connectivity index (χ3n) is 2.87. The SMILES string of the molecule is CCCC(C)/C(C)=C/c1c(F)cccc1Cl. The van der Waals surface area contributed by atoms with Crippen LogP contribution in [-0.2, 0) is 0 Å². The number of hydrogen-bond donors (Lipinski definition) is 0. The molecule has 0 saturated carbocycles. The van der Waals surface area contributed by atoms with Gasteiger partial charge in [-0.1, -0.05) is 49.6 Å². The summed E-state index contributed by atoms with van der Waals surface area (Å²) >= 11 is 5.97. The lowest BCUT2D eigenvalue weighted by atomic mass is 9.96. The predicted octanol–water partition coefficient (Wildman–Crippen LogP) is 5.32. The van der Waals surface area contributed by atoms with E-state index in [1.54, 1.807) is 12.1 Å². The highest BCUT2D eigenvalue weighted by molar-refractivity contribution is 6.32. The molecule has 0 radical (unpaired) electrons. The molecule has 2 heteroatoms. The van der Waals surface area contributed by atoms with Crippen molar-refractivity contribution in [1.29, 1.82) is 0 Å². The molecule has 0 saturated heterocycles. The zero-order valence-corrected chi connectivity index (χ0v) is 10.8. The van der Waals surface area contributed by atoms with Gasteiger partial charge in [0.15, 0.2) is 0 Å². The van der Waals surface area contributed by atoms with Gasteiger partial charge in [-0.25, -0.2) is 4.39 Å². The summed E-state index contributed by atoms with van der Waals surface area (Å²) < 4.78 is 13.5. The van der Waals surface area contributed by atoms with Crippen LogP contribution in [-0.4, -0.2) is 0 Å². The van der Waals surface area contributed by atoms with Gasteiger partial charge in [-0.3, -0.25) is 0 Å². The summed E-state index contributed by atoms with van der Waals surface area (Å²) in [5.74, 6) is 0.219. The van der Waals surface area contributed by atoms with Gasteiger partial charge in [-0.2, -0.15) is 0 Å². The highest BCUT2D eigenvalue weighted by Crippen LogP contribution is 2.25. The van der Waals surface area contributed by atoms with Crippen LogP contribution in [0.1, 0.15) is 39.2 Å². The second-order valence-electron chi connectivity index (χ2n) is 4.21. The Morgan fingerprint density at radius 1 is 1.50 bits per heavy atom. The summed E-state index contributed by atoms with van der Waals surface area (Å²) in [5, 5.41) is 0.475. The Kier molecular flexibility index (Phi) is 5.01. The molecule has 0 amide bonds. The van der Waals surface area contributed by atoms with Crippen molar-refractivity contribution in [2.75, 3.05) is 0 Å². The highest BCUT2D eigenvalue weighted by atomic mass is 35.5. The van der Waals surface area contributed by atoms with Gasteiger partial charge < -0.3 is 0 Å². The Labute approximate surface area is 102 Å². The van der Waals surface area contributed by atoms with E-state index in [-0.39, 0.29) is 5.82 Å². The van der Waals surface area contributed by atoms with E-state index in [1.807, 2.05) is 13.0 Å². The monoisotopic (exact) mass is 240 g/mol. The van der Waals surface area contributed by atoms with Crippen LogP contribution >= 0.6 is 11.6 Å². The van der Waals surface area contributed by atoms with Gasteiger partial charge in [0.25, 0.3) is 0 Å². The molecule has 1 atom stereocenters. The summed E-state index contributed by atoms with van der Waals surface area (Å²) in [6, 6.07) is 4.78. The molecule has 0 spiro atoms. The molecule has 0 N–H and O–H groups in total. The molecule has 0 nitrogen and oxygen atoms in total. The molecule has 16 heavy (non-hydrogen) atoms. The lowest BCUT2D eigenvalue weighted by molar-refractivity contribution is 0.602. The minimum Gasteiger partial charge on any atom is -0.206 e. The zero-order chi connectivity index (χ0) is 12.1. The van der Waals surface area contributed by atoms with E-state index in [0.717, 1.165) is 12.8 Å². The van der Waals surface area contributed by atoms with Crippen LogP contribution in [0.15, 0.2) is 23.8 Å². The van der Waals surface area contributed by atoms with E-state index in [4.69, 9.17) is 11.6 Å². The third kappa shape index (κ3) is 3.34. The first kappa shape index (κ1) is 13.2. The standard InChI is InChI=1S/C14H18ClF/c1-4-6-10(2)11(3)9-12-13(15)7-5-8-14(12)16/h5,7-10H,4,6H2,1-3H3/b11-9+. The average Bonchev–Trinajstić information content (AvgIpc) is 2.23. The minimum atomic E-state index is -0.254. The molecule has 1 unspecified atom stereocenters. The molecule has 0 aromatic heterocycles. The maximum absolute atomic E-state index is 13.5. The fourth-order valence-electron chi connectivity index (χ4n) is 1.68. The second kappa shape index (κ2) is 6.05. The van der Waals surface area contributed by atoms with E-state index in [0.29, 0.717) is 16.5 Å². The molecule has 0 aliphatic heterocycles. The van der Waals surface area contributed by atoms with Gasteiger partial charge in [0.1, 0.15) is 5.82 Å². The molecular weight excluding hydrogens is 223 g/mol. The number of allylic oxidation sites excluding steroid dienone is 1. The van der Waals surface area contributed by atoms with Crippen LogP contribution in [0.2, 0.25) is 5.02 Å². The van der Waals surface area contributed by atoms with Gasteiger partial charge in [0.2, 0.25) is 0 Å². The number of benzene rings is 1. The smallest absolute Gasteiger partial charge is 0.131 e. The van der Waals surface area contributed by atoms with E-state index >= 15 is 0 Å². The molecule has 0 aliphatic rings. The topological polar surface area (TPSA) is 0 Å². The maximum Gasteiger partial charge on any atom is 0.131 e. The minimum absolute atomic E-state index is 0.254. The summed E-state index contributed by atoms with van der Waals surface area (Å²) in [5.41, 5.74) is 1.68. The Bertz CT molecular complexity index is 362. The van der Waals surface area contributed by atoms with E-state index in [2.05, 4.69) is 13.8 Å². The van der Waals surface area contributed by atoms with Crippen LogP contribution in [0.25, 0.3) is 6.08 Å². The summed E-state index contributed by atoms with van der Waals surface area (Å²) in [7, 11) is 0. The number of halogens is 2. The molecule has 88 valence electrons. The van der Waals surface area contributed by atoms with Crippen molar-refractivity contribution in [3.8, 4) is 0 Å². The molecule has 1 aromatic carbocycles. The fraction of sp³-hybridized carbons (Fsp3) is 0.429. The first-order valence-electron chi connectivity index (χ1n) is 5.68. The summed E-state index contributed by atoms with van der Waals surface area (Å²) in [6.45, 7) is 6.34. The van der Waals surface area contributed by atoms with Crippen molar-refractivity contribution in [2.45, 2.75) is 33.6 Å². The van der Waals surface area contributed by atoms with Crippen molar-refractivity contribution in [3.63, 3.8) is 0 Å². The van der Waals surface area contributed by atoms with E-state index in [9.17, 15) is 4.39 Å². The Morgan fingerprint density at radius 3 is 2.75 bits per heavy atom. The van der Waals surface area contributed by atoms with Gasteiger partial charge in [-0.15, -0.1) is 0 Å². The molecule has 0 aliphatic carbocycles. The zero-order valence-electron chi connectivity index (χ0n) is 10.1. The third-order valence-corrected chi connectivity index (χ3v) is 3.20. The molecule has 0 bridgehead atoms. The maximum atomic E-state index is 13.5. The summed E-state index contributed by atoms with van der Waals surface area (Å²) in [6.07, 6.45) is 4.11. The normalized spacial score (nSPS) is 13.9. The van der Waals surface area contributed by atoms with E-state index < -0.39 is 0 Å². The van der Waals surface area contributed by atoms with Crippen molar-refractivity contribution in [2.24, 2.45) is 5.92 Å². The molecule has 0 heterocycles. The van der Waals surface area contributed by atoms with E-state index in [1.165, 1.54) is 11.6 Å². The Balaban J connectivity index is 2.98. The van der Waals surface area contributed by atoms with Crippen LogP contribution in [0, 0.1) is 11.7 Å². The fourth-order valence-corrected chi connectivity index (χ4v) is 1.90. The lowest BCUT2D eigenvalue weighted by Crippen LogP contribution is -1.96. The van der Waals surface area contributed by atoms with Crippen LogP contribution in [0.4, 0.5) is 4.39 Å². The molecule has 1 rings (SSSR count). The van der Waals surface area contributed by atoms with Crippen LogP contribution < -0.4 is 0 Å². The lowest BCUT2D eigenvalue weighted by Gasteiger charge is -2.11. The molecular formula is C14H18ClF. The first-order chi connectivity index (χ1) is 7.56. The van der Waals surface area contributed by atoms with Crippen molar-refractivity contribution >= 4 is 17.7 Å². The van der Waals surface area contributed by atoms with Crippen molar-refractivity contribution in [1.82, 2.24) is 0 Å². The van der Waals surface area contributed by atoms with Gasteiger partial charge >= 0.3 is 0 Å². The van der Waals surface area contributed by atoms with Gasteiger partial charge in [0.05, 0.1) is 5.02 Å². The van der Waals surface area contributed by atoms with Gasteiger partial charge in [0, 0.05) is 5.56 Å². The average molecular weight is 241 g/mol. The largest absolute Gasteiger partial charge is 0.206 e. The second-order valence-corrected chi connectivity index (χ2v) is 4.62. The quantitative estimate of drug-likeness (QED) is 0.668. The highest BCUT2D eigenvalue weighted by Gasteiger charge is 2.07. The Hall–Kier alpha value is -0.820. The number of hydrogen-bond acceptors (Lipinski definition) is 0. The predicted molar refractivity (Wildman–Crippen MR) is 69.1 cm³/mol. The first-order valence-corrected chi connectivity index (χ1v) is 6.06. The Morgan fingerprint density at radius 2 is 2.19 bits per heavy atom. The van der Waals surface area contributed by atoms with Crippen molar-refractivity contribution in [3.05, 3.63) is 40.2 Å².